The lowest BCUT2D eigenvalue weighted by atomic mass is 9.63. The Morgan fingerprint density at radius 2 is 1.90 bits per heavy atom. The summed E-state index contributed by atoms with van der Waals surface area (Å²) in [5.41, 5.74) is 5.73. The zero-order valence-electron chi connectivity index (χ0n) is 13.4. The van der Waals surface area contributed by atoms with Crippen LogP contribution in [0.15, 0.2) is 46.8 Å². The summed E-state index contributed by atoms with van der Waals surface area (Å²) in [6.07, 6.45) is 5.24. The third kappa shape index (κ3) is 1.74. The lowest BCUT2D eigenvalue weighted by Crippen LogP contribution is -2.55. The van der Waals surface area contributed by atoms with Crippen molar-refractivity contribution in [1.29, 1.82) is 0 Å². The fourth-order valence-corrected chi connectivity index (χ4v) is 3.74. The van der Waals surface area contributed by atoms with E-state index in [1.165, 1.54) is 28.1 Å². The second kappa shape index (κ2) is 4.76. The number of carbonyl (C=O) groups excluding carboxylic acids is 1. The minimum atomic E-state index is -0.427. The van der Waals surface area contributed by atoms with E-state index in [0.717, 1.165) is 6.29 Å². The van der Waals surface area contributed by atoms with Gasteiger partial charge in [-0.2, -0.15) is 0 Å². The van der Waals surface area contributed by atoms with Crippen LogP contribution in [0.2, 0.25) is 0 Å². The molecule has 2 aliphatic heterocycles. The van der Waals surface area contributed by atoms with E-state index in [1.807, 2.05) is 6.08 Å². The maximum absolute atomic E-state index is 11.9. The summed E-state index contributed by atoms with van der Waals surface area (Å²) in [5.74, 6) is 0.231. The summed E-state index contributed by atoms with van der Waals surface area (Å²) in [6.45, 7) is 16.7. The van der Waals surface area contributed by atoms with Gasteiger partial charge in [0.15, 0.2) is 0 Å². The van der Waals surface area contributed by atoms with Crippen molar-refractivity contribution < 1.29 is 4.79 Å². The van der Waals surface area contributed by atoms with E-state index in [4.69, 9.17) is 0 Å². The zero-order chi connectivity index (χ0) is 15.2. The molecule has 2 heterocycles. The molecule has 3 atom stereocenters. The van der Waals surface area contributed by atoms with Gasteiger partial charge in [-0.1, -0.05) is 32.1 Å². The van der Waals surface area contributed by atoms with Gasteiger partial charge in [0.1, 0.15) is 6.29 Å². The van der Waals surface area contributed by atoms with Crippen LogP contribution < -0.4 is 0 Å². The molecule has 0 aromatic carbocycles. The Bertz CT molecular complexity index is 564. The van der Waals surface area contributed by atoms with E-state index in [1.54, 1.807) is 0 Å². The molecule has 0 bridgehead atoms. The molecule has 0 saturated heterocycles. The maximum Gasteiger partial charge on any atom is 0.128 e. The Labute approximate surface area is 122 Å². The van der Waals surface area contributed by atoms with Crippen molar-refractivity contribution in [2.45, 2.75) is 47.6 Å². The first-order valence-electron chi connectivity index (χ1n) is 7.24. The fraction of sp³-hybridized carbons (Fsp3) is 0.500. The van der Waals surface area contributed by atoms with Crippen LogP contribution in [0.3, 0.4) is 0 Å². The lowest BCUT2D eigenvalue weighted by molar-refractivity contribution is -0.120. The molecule has 2 rings (SSSR count). The van der Waals surface area contributed by atoms with Gasteiger partial charge in [-0.05, 0) is 50.8 Å². The minimum Gasteiger partial charge on any atom is -0.341 e. The van der Waals surface area contributed by atoms with E-state index < -0.39 is 5.41 Å². The highest BCUT2D eigenvalue weighted by atomic mass is 16.1. The minimum absolute atomic E-state index is 0.0567. The molecule has 108 valence electrons. The number of aldehydes is 1. The molecule has 0 aromatic rings. The summed E-state index contributed by atoms with van der Waals surface area (Å²) in [4.78, 5) is 14.3. The Kier molecular flexibility index (Phi) is 3.53. The number of nitrogens with zero attached hydrogens (tertiary/aromatic N) is 1. The number of rotatable bonds is 2. The van der Waals surface area contributed by atoms with E-state index in [0.29, 0.717) is 0 Å². The maximum atomic E-state index is 11.9. The fourth-order valence-electron chi connectivity index (χ4n) is 3.74. The summed E-state index contributed by atoms with van der Waals surface area (Å²) in [7, 11) is 0. The van der Waals surface area contributed by atoms with E-state index in [9.17, 15) is 4.79 Å². The molecule has 0 amide bonds. The first-order chi connectivity index (χ1) is 9.29. The molecular formula is C18H25NO. The SMILES string of the molecule is C=CC1=C(C)C=C(C)N2C(C)=C(C)[C@@H](C)[C@@](C)(C=O)[C@@H]12. The van der Waals surface area contributed by atoms with Crippen LogP contribution in [0.5, 0.6) is 0 Å². The van der Waals surface area contributed by atoms with Gasteiger partial charge in [0.2, 0.25) is 0 Å². The van der Waals surface area contributed by atoms with Crippen molar-refractivity contribution in [3.63, 3.8) is 0 Å². The van der Waals surface area contributed by atoms with Crippen molar-refractivity contribution in [1.82, 2.24) is 4.90 Å². The van der Waals surface area contributed by atoms with Crippen molar-refractivity contribution in [3.8, 4) is 0 Å². The lowest BCUT2D eigenvalue weighted by Gasteiger charge is -2.53. The molecule has 0 spiro atoms. The standard InChI is InChI=1S/C18H25NO/c1-8-16-11(2)9-12(3)19-15(6)13(4)14(5)18(7,10-20)17(16)19/h8-10,14,17H,1H2,2-7H3/t14-,17-,18-/m1/s1. The normalized spacial score (nSPS) is 33.9. The number of fused-ring (bicyclic) bond motifs is 1. The highest BCUT2D eigenvalue weighted by molar-refractivity contribution is 5.66. The molecule has 0 radical (unpaired) electrons. The second-order valence-corrected chi connectivity index (χ2v) is 6.37. The van der Waals surface area contributed by atoms with Crippen LogP contribution in [0.25, 0.3) is 0 Å². The van der Waals surface area contributed by atoms with Gasteiger partial charge in [-0.15, -0.1) is 0 Å². The van der Waals surface area contributed by atoms with Crippen molar-refractivity contribution in [3.05, 3.63) is 46.8 Å². The van der Waals surface area contributed by atoms with Gasteiger partial charge in [0.05, 0.1) is 11.5 Å². The number of carbonyl (C=O) groups is 1. The molecule has 2 nitrogen and oxygen atoms in total. The van der Waals surface area contributed by atoms with Crippen molar-refractivity contribution in [2.24, 2.45) is 11.3 Å². The highest BCUT2D eigenvalue weighted by Gasteiger charge is 2.49. The van der Waals surface area contributed by atoms with Crippen LogP contribution in [-0.4, -0.2) is 17.2 Å². The van der Waals surface area contributed by atoms with E-state index >= 15 is 0 Å². The summed E-state index contributed by atoms with van der Waals surface area (Å²) in [6, 6.07) is 0.0567. The predicted molar refractivity (Wildman–Crippen MR) is 84.0 cm³/mol. The van der Waals surface area contributed by atoms with Gasteiger partial charge < -0.3 is 9.69 Å². The predicted octanol–water partition coefficient (Wildman–Crippen LogP) is 4.23. The van der Waals surface area contributed by atoms with E-state index in [-0.39, 0.29) is 12.0 Å². The Hall–Kier alpha value is -1.57. The summed E-state index contributed by atoms with van der Waals surface area (Å²) in [5, 5.41) is 0. The third-order valence-corrected chi connectivity index (χ3v) is 5.39. The number of hydrogen-bond donors (Lipinski definition) is 0. The molecule has 20 heavy (non-hydrogen) atoms. The average Bonchev–Trinajstić information content (AvgIpc) is 2.42. The molecule has 0 fully saturated rings. The third-order valence-electron chi connectivity index (χ3n) is 5.39. The molecule has 2 aliphatic rings. The van der Waals surface area contributed by atoms with Crippen LogP contribution >= 0.6 is 0 Å². The van der Waals surface area contributed by atoms with Crippen LogP contribution in [-0.2, 0) is 4.79 Å². The average molecular weight is 271 g/mol. The first kappa shape index (κ1) is 14.8. The summed E-state index contributed by atoms with van der Waals surface area (Å²) < 4.78 is 0. The highest BCUT2D eigenvalue weighted by Crippen LogP contribution is 2.49. The van der Waals surface area contributed by atoms with Gasteiger partial charge in [-0.25, -0.2) is 0 Å². The number of hydrogen-bond acceptors (Lipinski definition) is 2. The summed E-state index contributed by atoms with van der Waals surface area (Å²) >= 11 is 0. The molecule has 0 saturated carbocycles. The van der Waals surface area contributed by atoms with Crippen molar-refractivity contribution >= 4 is 6.29 Å². The van der Waals surface area contributed by atoms with Crippen LogP contribution in [0.1, 0.15) is 41.5 Å². The van der Waals surface area contributed by atoms with Gasteiger partial charge in [0, 0.05) is 11.4 Å². The molecule has 2 heteroatoms. The largest absolute Gasteiger partial charge is 0.341 e. The van der Waals surface area contributed by atoms with Crippen molar-refractivity contribution in [2.75, 3.05) is 0 Å². The van der Waals surface area contributed by atoms with Gasteiger partial charge in [-0.3, -0.25) is 0 Å². The van der Waals surface area contributed by atoms with Gasteiger partial charge in [0.25, 0.3) is 0 Å². The molecule has 0 N–H and O–H groups in total. The Morgan fingerprint density at radius 1 is 1.30 bits per heavy atom. The first-order valence-corrected chi connectivity index (χ1v) is 7.24. The second-order valence-electron chi connectivity index (χ2n) is 6.37. The van der Waals surface area contributed by atoms with Crippen LogP contribution in [0.4, 0.5) is 0 Å². The molecule has 0 aromatic heterocycles. The number of allylic oxidation sites excluding steroid dienone is 5. The molecular weight excluding hydrogens is 246 g/mol. The van der Waals surface area contributed by atoms with E-state index in [2.05, 4.69) is 59.1 Å². The quantitative estimate of drug-likeness (QED) is 0.701. The Balaban J connectivity index is 2.77. The van der Waals surface area contributed by atoms with Crippen LogP contribution in [0, 0.1) is 11.3 Å². The topological polar surface area (TPSA) is 20.3 Å². The molecule has 0 unspecified atom stereocenters. The monoisotopic (exact) mass is 271 g/mol. The zero-order valence-corrected chi connectivity index (χ0v) is 13.4. The molecule has 0 aliphatic carbocycles. The smallest absolute Gasteiger partial charge is 0.128 e. The Morgan fingerprint density at radius 3 is 2.40 bits per heavy atom. The van der Waals surface area contributed by atoms with Gasteiger partial charge >= 0.3 is 0 Å².